The van der Waals surface area contributed by atoms with Crippen molar-refractivity contribution in [3.63, 3.8) is 0 Å². The number of halogens is 2. The summed E-state index contributed by atoms with van der Waals surface area (Å²) in [6, 6.07) is 21.4. The van der Waals surface area contributed by atoms with Gasteiger partial charge in [-0.2, -0.15) is 0 Å². The van der Waals surface area contributed by atoms with Gasteiger partial charge in [0.2, 0.25) is 0 Å². The van der Waals surface area contributed by atoms with E-state index in [2.05, 4.69) is 22.2 Å². The Morgan fingerprint density at radius 1 is 1.00 bits per heavy atom. The highest BCUT2D eigenvalue weighted by Gasteiger charge is 2.13. The van der Waals surface area contributed by atoms with Crippen LogP contribution in [0, 0.1) is 17.7 Å². The molecule has 0 radical (unpaired) electrons. The lowest BCUT2D eigenvalue weighted by molar-refractivity contribution is 0.0972. The van der Waals surface area contributed by atoms with Crippen molar-refractivity contribution < 1.29 is 9.18 Å². The van der Waals surface area contributed by atoms with Crippen LogP contribution >= 0.6 is 11.6 Å². The molecule has 0 saturated heterocycles. The highest BCUT2D eigenvalue weighted by atomic mass is 35.5. The van der Waals surface area contributed by atoms with Crippen molar-refractivity contribution in [3.8, 4) is 11.8 Å². The maximum Gasteiger partial charge on any atom is 0.260 e. The summed E-state index contributed by atoms with van der Waals surface area (Å²) in [6.07, 6.45) is 0. The molecule has 1 atom stereocenters. The number of benzene rings is 3. The molecule has 1 unspecified atom stereocenters. The molecule has 0 aliphatic rings. The number of carbonyl (C=O) groups is 1. The number of aliphatic imine (C=N–C) groups is 1. The fourth-order valence-electron chi connectivity index (χ4n) is 2.51. The van der Waals surface area contributed by atoms with Gasteiger partial charge >= 0.3 is 0 Å². The molecule has 0 aliphatic heterocycles. The molecular weight excluding hydrogens is 389 g/mol. The third-order valence-corrected chi connectivity index (χ3v) is 4.19. The smallest absolute Gasteiger partial charge is 0.260 e. The number of nitrogens with zero attached hydrogens (tertiary/aromatic N) is 1. The Bertz CT molecular complexity index is 1090. The van der Waals surface area contributed by atoms with Crippen molar-refractivity contribution >= 4 is 23.5 Å². The zero-order valence-electron chi connectivity index (χ0n) is 15.3. The van der Waals surface area contributed by atoms with Gasteiger partial charge in [0, 0.05) is 10.6 Å². The second kappa shape index (κ2) is 9.54. The summed E-state index contributed by atoms with van der Waals surface area (Å²) in [6.45, 7) is 0. The molecule has 0 fully saturated rings. The monoisotopic (exact) mass is 405 g/mol. The SMILES string of the molecule is NC(=NC(C#Cc1ccccc1)c1ccc(Cl)cc1)NC(=O)c1ccccc1F. The van der Waals surface area contributed by atoms with E-state index in [-0.39, 0.29) is 11.5 Å². The van der Waals surface area contributed by atoms with Crippen LogP contribution in [0.25, 0.3) is 0 Å². The van der Waals surface area contributed by atoms with Crippen LogP contribution < -0.4 is 11.1 Å². The normalized spacial score (nSPS) is 11.9. The van der Waals surface area contributed by atoms with Crippen molar-refractivity contribution in [3.05, 3.63) is 106 Å². The molecule has 0 spiro atoms. The number of nitrogens with one attached hydrogen (secondary N) is 1. The molecule has 3 N–H and O–H groups in total. The fourth-order valence-corrected chi connectivity index (χ4v) is 2.63. The van der Waals surface area contributed by atoms with Gasteiger partial charge in [0.25, 0.3) is 5.91 Å². The van der Waals surface area contributed by atoms with Crippen LogP contribution in [0.4, 0.5) is 4.39 Å². The van der Waals surface area contributed by atoms with Gasteiger partial charge in [0.15, 0.2) is 5.96 Å². The number of amides is 1. The minimum absolute atomic E-state index is 0.121. The summed E-state index contributed by atoms with van der Waals surface area (Å²) in [7, 11) is 0. The summed E-state index contributed by atoms with van der Waals surface area (Å²) in [5.41, 5.74) is 7.35. The van der Waals surface area contributed by atoms with E-state index < -0.39 is 17.8 Å². The average Bonchev–Trinajstić information content (AvgIpc) is 2.72. The van der Waals surface area contributed by atoms with Gasteiger partial charge in [0.1, 0.15) is 11.9 Å². The first-order chi connectivity index (χ1) is 14.0. The lowest BCUT2D eigenvalue weighted by atomic mass is 10.1. The summed E-state index contributed by atoms with van der Waals surface area (Å²) in [4.78, 5) is 16.6. The fraction of sp³-hybridized carbons (Fsp3) is 0.0435. The summed E-state index contributed by atoms with van der Waals surface area (Å²) < 4.78 is 13.8. The summed E-state index contributed by atoms with van der Waals surface area (Å²) >= 11 is 5.96. The lowest BCUT2D eigenvalue weighted by Gasteiger charge is -2.10. The van der Waals surface area contributed by atoms with Gasteiger partial charge in [-0.25, -0.2) is 9.38 Å². The second-order valence-electron chi connectivity index (χ2n) is 6.04. The van der Waals surface area contributed by atoms with E-state index >= 15 is 0 Å². The maximum absolute atomic E-state index is 13.8. The van der Waals surface area contributed by atoms with Crippen molar-refractivity contribution in [2.75, 3.05) is 0 Å². The Kier molecular flexibility index (Phi) is 6.62. The molecule has 6 heteroatoms. The Balaban J connectivity index is 1.87. The van der Waals surface area contributed by atoms with E-state index in [9.17, 15) is 9.18 Å². The first-order valence-corrected chi connectivity index (χ1v) is 9.12. The molecule has 3 rings (SSSR count). The first-order valence-electron chi connectivity index (χ1n) is 8.74. The minimum Gasteiger partial charge on any atom is -0.370 e. The van der Waals surface area contributed by atoms with Gasteiger partial charge in [-0.05, 0) is 42.0 Å². The van der Waals surface area contributed by atoms with Crippen molar-refractivity contribution in [2.45, 2.75) is 6.04 Å². The number of nitrogens with two attached hydrogens (primary N) is 1. The van der Waals surface area contributed by atoms with E-state index in [0.29, 0.717) is 5.02 Å². The molecule has 3 aromatic rings. The molecule has 0 aliphatic carbocycles. The Morgan fingerprint density at radius 3 is 2.34 bits per heavy atom. The highest BCUT2D eigenvalue weighted by Crippen LogP contribution is 2.19. The largest absolute Gasteiger partial charge is 0.370 e. The van der Waals surface area contributed by atoms with Crippen molar-refractivity contribution in [2.24, 2.45) is 10.7 Å². The molecule has 3 aromatic carbocycles. The van der Waals surface area contributed by atoms with E-state index in [1.165, 1.54) is 18.2 Å². The predicted octanol–water partition coefficient (Wildman–Crippen LogP) is 4.32. The van der Waals surface area contributed by atoms with Crippen LogP contribution in [0.1, 0.15) is 27.5 Å². The predicted molar refractivity (Wildman–Crippen MR) is 113 cm³/mol. The van der Waals surface area contributed by atoms with Crippen molar-refractivity contribution in [1.29, 1.82) is 0 Å². The first kappa shape index (κ1) is 20.1. The van der Waals surface area contributed by atoms with Gasteiger partial charge in [-0.1, -0.05) is 65.9 Å². The van der Waals surface area contributed by atoms with E-state index in [0.717, 1.165) is 11.1 Å². The van der Waals surface area contributed by atoms with Crippen LogP contribution in [-0.2, 0) is 0 Å². The summed E-state index contributed by atoms with van der Waals surface area (Å²) in [5, 5.41) is 2.98. The van der Waals surface area contributed by atoms with Crippen LogP contribution in [-0.4, -0.2) is 11.9 Å². The number of rotatable bonds is 3. The molecule has 0 saturated carbocycles. The van der Waals surface area contributed by atoms with Gasteiger partial charge in [-0.3, -0.25) is 10.1 Å². The molecule has 1 amide bonds. The van der Waals surface area contributed by atoms with E-state index in [4.69, 9.17) is 17.3 Å². The minimum atomic E-state index is -0.685. The molecular formula is C23H17ClFN3O. The third-order valence-electron chi connectivity index (χ3n) is 3.94. The second-order valence-corrected chi connectivity index (χ2v) is 6.47. The Morgan fingerprint density at radius 2 is 1.66 bits per heavy atom. The summed E-state index contributed by atoms with van der Waals surface area (Å²) in [5.74, 6) is 4.59. The van der Waals surface area contributed by atoms with Crippen LogP contribution in [0.3, 0.4) is 0 Å². The zero-order valence-corrected chi connectivity index (χ0v) is 16.0. The van der Waals surface area contributed by atoms with Gasteiger partial charge < -0.3 is 5.73 Å². The zero-order chi connectivity index (χ0) is 20.6. The molecule has 29 heavy (non-hydrogen) atoms. The van der Waals surface area contributed by atoms with Crippen LogP contribution in [0.5, 0.6) is 0 Å². The maximum atomic E-state index is 13.8. The number of guanidine groups is 1. The van der Waals surface area contributed by atoms with E-state index in [1.54, 1.807) is 30.3 Å². The molecule has 0 aromatic heterocycles. The Hall–Kier alpha value is -3.62. The Labute approximate surface area is 173 Å². The topological polar surface area (TPSA) is 67.5 Å². The molecule has 4 nitrogen and oxygen atoms in total. The number of hydrogen-bond donors (Lipinski definition) is 2. The number of carbonyl (C=O) groups excluding carboxylic acids is 1. The quantitative estimate of drug-likeness (QED) is 0.387. The highest BCUT2D eigenvalue weighted by molar-refractivity contribution is 6.30. The average molecular weight is 406 g/mol. The van der Waals surface area contributed by atoms with Gasteiger partial charge in [-0.15, -0.1) is 0 Å². The van der Waals surface area contributed by atoms with Crippen LogP contribution in [0.15, 0.2) is 83.9 Å². The standard InChI is InChI=1S/C23H17ClFN3O/c24-18-13-11-17(12-14-18)21(15-10-16-6-2-1-3-7-16)27-23(26)28-22(29)19-8-4-5-9-20(19)25/h1-9,11-14,21H,(H3,26,27,28,29). The molecule has 144 valence electrons. The van der Waals surface area contributed by atoms with Gasteiger partial charge in [0.05, 0.1) is 5.56 Å². The number of hydrogen-bond acceptors (Lipinski definition) is 2. The third kappa shape index (κ3) is 5.68. The van der Waals surface area contributed by atoms with Crippen molar-refractivity contribution in [1.82, 2.24) is 5.32 Å². The van der Waals surface area contributed by atoms with Crippen LogP contribution in [0.2, 0.25) is 5.02 Å². The molecule has 0 heterocycles. The lowest BCUT2D eigenvalue weighted by Crippen LogP contribution is -2.37. The molecule has 0 bridgehead atoms. The van der Waals surface area contributed by atoms with E-state index in [1.807, 2.05) is 30.3 Å².